The number of sulfone groups is 1. The quantitative estimate of drug-likeness (QED) is 0.757. The Balaban J connectivity index is 1.54. The van der Waals surface area contributed by atoms with Gasteiger partial charge in [-0.2, -0.15) is 0 Å². The molecule has 0 spiro atoms. The van der Waals surface area contributed by atoms with Gasteiger partial charge in [-0.3, -0.25) is 0 Å². The molecule has 27 heavy (non-hydrogen) atoms. The van der Waals surface area contributed by atoms with Crippen molar-refractivity contribution in [2.24, 2.45) is 0 Å². The number of fused-ring (bicyclic) bond motifs is 1. The molecule has 1 aliphatic heterocycles. The van der Waals surface area contributed by atoms with Crippen molar-refractivity contribution in [1.82, 2.24) is 10.6 Å². The van der Waals surface area contributed by atoms with Gasteiger partial charge in [-0.15, -0.1) is 0 Å². The number of amides is 2. The van der Waals surface area contributed by atoms with Crippen LogP contribution in [0.15, 0.2) is 53.4 Å². The predicted octanol–water partition coefficient (Wildman–Crippen LogP) is 2.47. The summed E-state index contributed by atoms with van der Waals surface area (Å²) in [6, 6.07) is 12.8. The predicted molar refractivity (Wildman–Crippen MR) is 101 cm³/mol. The molecule has 144 valence electrons. The minimum atomic E-state index is -3.46. The van der Waals surface area contributed by atoms with Gasteiger partial charge in [0.2, 0.25) is 6.79 Å². The zero-order valence-corrected chi connectivity index (χ0v) is 15.8. The Morgan fingerprint density at radius 3 is 2.59 bits per heavy atom. The average Bonchev–Trinajstić information content (AvgIpc) is 3.14. The van der Waals surface area contributed by atoms with Gasteiger partial charge in [-0.25, -0.2) is 13.2 Å². The maximum absolute atomic E-state index is 12.5. The smallest absolute Gasteiger partial charge is 0.315 e. The van der Waals surface area contributed by atoms with Gasteiger partial charge < -0.3 is 20.1 Å². The number of urea groups is 1. The summed E-state index contributed by atoms with van der Waals surface area (Å²) in [6.45, 7) is 2.33. The average molecular weight is 390 g/mol. The van der Waals surface area contributed by atoms with Gasteiger partial charge in [0.25, 0.3) is 0 Å². The van der Waals surface area contributed by atoms with Crippen LogP contribution in [0.3, 0.4) is 0 Å². The van der Waals surface area contributed by atoms with Gasteiger partial charge >= 0.3 is 6.03 Å². The number of hydrogen-bond donors (Lipinski definition) is 2. The Bertz CT molecular complexity index is 900. The molecule has 0 aliphatic carbocycles. The number of hydrogen-bond acceptors (Lipinski definition) is 5. The Morgan fingerprint density at radius 2 is 1.85 bits per heavy atom. The summed E-state index contributed by atoms with van der Waals surface area (Å²) in [5.74, 6) is 1.18. The zero-order valence-electron chi connectivity index (χ0n) is 15.0. The van der Waals surface area contributed by atoms with Crippen LogP contribution in [-0.2, 0) is 16.4 Å². The van der Waals surface area contributed by atoms with E-state index in [1.807, 2.05) is 13.0 Å². The van der Waals surface area contributed by atoms with Crippen LogP contribution in [0.25, 0.3) is 0 Å². The summed E-state index contributed by atoms with van der Waals surface area (Å²) in [5, 5.41) is 5.47. The maximum Gasteiger partial charge on any atom is 0.315 e. The first-order valence-corrected chi connectivity index (χ1v) is 10.3. The highest BCUT2D eigenvalue weighted by molar-refractivity contribution is 7.91. The summed E-state index contributed by atoms with van der Waals surface area (Å²) in [5.41, 5.74) is 0.861. The van der Waals surface area contributed by atoms with Crippen LogP contribution in [-0.4, -0.2) is 33.0 Å². The van der Waals surface area contributed by atoms with E-state index in [1.165, 1.54) is 0 Å². The fraction of sp³-hybridized carbons (Fsp3) is 0.316. The van der Waals surface area contributed by atoms with Crippen LogP contribution in [0.5, 0.6) is 11.5 Å². The van der Waals surface area contributed by atoms with E-state index in [0.29, 0.717) is 24.5 Å². The van der Waals surface area contributed by atoms with Crippen LogP contribution < -0.4 is 20.1 Å². The Kier molecular flexibility index (Phi) is 5.85. The number of benzene rings is 2. The maximum atomic E-state index is 12.5. The summed E-state index contributed by atoms with van der Waals surface area (Å²) < 4.78 is 35.5. The van der Waals surface area contributed by atoms with Gasteiger partial charge in [0.05, 0.1) is 10.6 Å². The van der Waals surface area contributed by atoms with E-state index in [9.17, 15) is 13.2 Å². The molecule has 2 aromatic carbocycles. The second-order valence-electron chi connectivity index (χ2n) is 6.21. The topological polar surface area (TPSA) is 93.7 Å². The normalized spacial score (nSPS) is 13.8. The van der Waals surface area contributed by atoms with Crippen molar-refractivity contribution in [2.45, 2.75) is 30.8 Å². The molecule has 0 unspecified atom stereocenters. The van der Waals surface area contributed by atoms with E-state index in [1.54, 1.807) is 42.5 Å². The molecule has 0 saturated heterocycles. The third-order valence-corrected chi connectivity index (χ3v) is 6.07. The van der Waals surface area contributed by atoms with E-state index in [4.69, 9.17) is 9.47 Å². The number of nitrogens with one attached hydrogen (secondary N) is 2. The number of carbonyl (C=O) groups excluding carboxylic acids is 1. The highest BCUT2D eigenvalue weighted by Gasteiger charge is 2.21. The van der Waals surface area contributed by atoms with E-state index < -0.39 is 21.9 Å². The van der Waals surface area contributed by atoms with Gasteiger partial charge in [0, 0.05) is 12.6 Å². The lowest BCUT2D eigenvalue weighted by atomic mass is 10.2. The Hall–Kier alpha value is -2.74. The van der Waals surface area contributed by atoms with Gasteiger partial charge in [0.1, 0.15) is 0 Å². The Morgan fingerprint density at radius 1 is 1.11 bits per heavy atom. The molecule has 0 radical (unpaired) electrons. The second kappa shape index (κ2) is 8.30. The van der Waals surface area contributed by atoms with Crippen molar-refractivity contribution >= 4 is 15.9 Å². The highest BCUT2D eigenvalue weighted by atomic mass is 32.2. The third-order valence-electron chi connectivity index (χ3n) is 4.24. The first kappa shape index (κ1) is 19.0. The summed E-state index contributed by atoms with van der Waals surface area (Å²) in [7, 11) is -3.46. The molecule has 1 aliphatic rings. The molecule has 7 nitrogen and oxygen atoms in total. The summed E-state index contributed by atoms with van der Waals surface area (Å²) in [6.07, 6.45) is 0.503. The number of carbonyl (C=O) groups is 1. The molecular weight excluding hydrogens is 368 g/mol. The van der Waals surface area contributed by atoms with E-state index in [-0.39, 0.29) is 17.4 Å². The van der Waals surface area contributed by atoms with Crippen LogP contribution >= 0.6 is 0 Å². The fourth-order valence-electron chi connectivity index (χ4n) is 2.72. The van der Waals surface area contributed by atoms with Crippen molar-refractivity contribution in [1.29, 1.82) is 0 Å². The molecule has 1 heterocycles. The minimum Gasteiger partial charge on any atom is -0.454 e. The van der Waals surface area contributed by atoms with E-state index in [2.05, 4.69) is 10.6 Å². The molecule has 3 rings (SSSR count). The SMILES string of the molecule is CC[C@H](CS(=O)(=O)c1ccccc1)NC(=O)NCc1ccc2c(c1)OCO2. The highest BCUT2D eigenvalue weighted by Crippen LogP contribution is 2.32. The molecule has 1 atom stereocenters. The van der Waals surface area contributed by atoms with Crippen molar-refractivity contribution in [3.05, 3.63) is 54.1 Å². The number of rotatable bonds is 7. The lowest BCUT2D eigenvalue weighted by molar-refractivity contribution is 0.174. The van der Waals surface area contributed by atoms with Crippen molar-refractivity contribution in [2.75, 3.05) is 12.5 Å². The molecule has 2 aromatic rings. The number of ether oxygens (including phenoxy) is 2. The first-order valence-electron chi connectivity index (χ1n) is 8.68. The monoisotopic (exact) mass is 390 g/mol. The lowest BCUT2D eigenvalue weighted by Gasteiger charge is -2.18. The molecule has 0 aromatic heterocycles. The summed E-state index contributed by atoms with van der Waals surface area (Å²) in [4.78, 5) is 12.4. The zero-order chi connectivity index (χ0) is 19.3. The molecule has 0 saturated carbocycles. The van der Waals surface area contributed by atoms with Crippen molar-refractivity contribution in [3.8, 4) is 11.5 Å². The molecular formula is C19H22N2O5S. The Labute approximate surface area is 158 Å². The summed E-state index contributed by atoms with van der Waals surface area (Å²) >= 11 is 0. The second-order valence-corrected chi connectivity index (χ2v) is 8.25. The van der Waals surface area contributed by atoms with Gasteiger partial charge in [0.15, 0.2) is 21.3 Å². The molecule has 8 heteroatoms. The molecule has 2 N–H and O–H groups in total. The van der Waals surface area contributed by atoms with Crippen LogP contribution in [0.1, 0.15) is 18.9 Å². The standard InChI is InChI=1S/C19H22N2O5S/c1-2-15(12-27(23,24)16-6-4-3-5-7-16)21-19(22)20-11-14-8-9-17-18(10-14)26-13-25-17/h3-10,15H,2,11-13H2,1H3,(H2,20,21,22)/t15-/m1/s1. The van der Waals surface area contributed by atoms with Gasteiger partial charge in [-0.1, -0.05) is 31.2 Å². The van der Waals surface area contributed by atoms with E-state index in [0.717, 1.165) is 5.56 Å². The fourth-order valence-corrected chi connectivity index (χ4v) is 4.33. The van der Waals surface area contributed by atoms with Crippen LogP contribution in [0.2, 0.25) is 0 Å². The molecule has 0 fully saturated rings. The largest absolute Gasteiger partial charge is 0.454 e. The molecule has 2 amide bonds. The first-order chi connectivity index (χ1) is 13.0. The molecule has 0 bridgehead atoms. The van der Waals surface area contributed by atoms with E-state index >= 15 is 0 Å². The van der Waals surface area contributed by atoms with Crippen molar-refractivity contribution in [3.63, 3.8) is 0 Å². The third kappa shape index (κ3) is 4.91. The van der Waals surface area contributed by atoms with Gasteiger partial charge in [-0.05, 0) is 36.2 Å². The van der Waals surface area contributed by atoms with Crippen LogP contribution in [0, 0.1) is 0 Å². The van der Waals surface area contributed by atoms with Crippen molar-refractivity contribution < 1.29 is 22.7 Å². The lowest BCUT2D eigenvalue weighted by Crippen LogP contribution is -2.44. The van der Waals surface area contributed by atoms with Crippen LogP contribution in [0.4, 0.5) is 4.79 Å². The minimum absolute atomic E-state index is 0.148.